The van der Waals surface area contributed by atoms with Crippen LogP contribution in [0.25, 0.3) is 11.5 Å². The largest absolute Gasteiger partial charge is 0.342 e. The van der Waals surface area contributed by atoms with Gasteiger partial charge in [0.1, 0.15) is 0 Å². The highest BCUT2D eigenvalue weighted by Crippen LogP contribution is 2.31. The quantitative estimate of drug-likeness (QED) is 0.605. The lowest BCUT2D eigenvalue weighted by Crippen LogP contribution is -2.42. The van der Waals surface area contributed by atoms with E-state index in [1.165, 1.54) is 0 Å². The fraction of sp³-hybridized carbons (Fsp3) is 0.385. The van der Waals surface area contributed by atoms with Crippen LogP contribution < -0.4 is 4.90 Å². The number of likely N-dealkylation sites (tertiary alicyclic amines) is 1. The van der Waals surface area contributed by atoms with Gasteiger partial charge in [-0.05, 0) is 51.0 Å². The molecule has 2 amide bonds. The van der Waals surface area contributed by atoms with E-state index in [0.29, 0.717) is 31.3 Å². The Balaban J connectivity index is 1.19. The topological polar surface area (TPSA) is 79.5 Å². The van der Waals surface area contributed by atoms with Crippen molar-refractivity contribution in [3.8, 4) is 11.5 Å². The first kappa shape index (κ1) is 21.4. The Morgan fingerprint density at radius 3 is 2.52 bits per heavy atom. The third-order valence-corrected chi connectivity index (χ3v) is 6.70. The summed E-state index contributed by atoms with van der Waals surface area (Å²) < 4.78 is 5.50. The van der Waals surface area contributed by atoms with Crippen molar-refractivity contribution in [1.82, 2.24) is 15.0 Å². The van der Waals surface area contributed by atoms with Crippen LogP contribution in [0.1, 0.15) is 42.1 Å². The highest BCUT2D eigenvalue weighted by molar-refractivity contribution is 6.00. The minimum atomic E-state index is -0.284. The average Bonchev–Trinajstić information content (AvgIpc) is 3.47. The summed E-state index contributed by atoms with van der Waals surface area (Å²) in [6.07, 6.45) is 1.86. The van der Waals surface area contributed by atoms with Gasteiger partial charge in [0.15, 0.2) is 5.82 Å². The molecule has 0 radical (unpaired) electrons. The molecular formula is C26H28N4O3. The maximum atomic E-state index is 13.1. The average molecular weight is 445 g/mol. The number of amides is 2. The van der Waals surface area contributed by atoms with Crippen LogP contribution in [0.2, 0.25) is 0 Å². The van der Waals surface area contributed by atoms with E-state index in [-0.39, 0.29) is 30.1 Å². The van der Waals surface area contributed by atoms with E-state index in [9.17, 15) is 9.59 Å². The molecule has 2 aromatic carbocycles. The Labute approximate surface area is 193 Å². The van der Waals surface area contributed by atoms with Crippen molar-refractivity contribution in [2.45, 2.75) is 39.0 Å². The van der Waals surface area contributed by atoms with Gasteiger partial charge < -0.3 is 14.3 Å². The molecule has 2 saturated heterocycles. The lowest BCUT2D eigenvalue weighted by atomic mass is 9.95. The normalized spacial score (nSPS) is 19.3. The molecule has 3 aromatic rings. The van der Waals surface area contributed by atoms with Crippen molar-refractivity contribution in [2.24, 2.45) is 5.92 Å². The van der Waals surface area contributed by atoms with Gasteiger partial charge >= 0.3 is 0 Å². The van der Waals surface area contributed by atoms with Crippen molar-refractivity contribution in [2.75, 3.05) is 24.5 Å². The number of nitrogens with zero attached hydrogens (tertiary/aromatic N) is 4. The van der Waals surface area contributed by atoms with Gasteiger partial charge in [0, 0.05) is 43.2 Å². The summed E-state index contributed by atoms with van der Waals surface area (Å²) in [5.74, 6) is 1.22. The highest BCUT2D eigenvalue weighted by Gasteiger charge is 2.38. The van der Waals surface area contributed by atoms with E-state index < -0.39 is 0 Å². The lowest BCUT2D eigenvalue weighted by molar-refractivity contribution is -0.136. The summed E-state index contributed by atoms with van der Waals surface area (Å²) in [7, 11) is 0. The van der Waals surface area contributed by atoms with E-state index in [1.54, 1.807) is 4.90 Å². The molecule has 33 heavy (non-hydrogen) atoms. The Kier molecular flexibility index (Phi) is 5.70. The molecule has 3 heterocycles. The minimum absolute atomic E-state index is 0.0163. The lowest BCUT2D eigenvalue weighted by Gasteiger charge is -2.32. The summed E-state index contributed by atoms with van der Waals surface area (Å²) in [6.45, 7) is 5.79. The molecule has 7 heteroatoms. The number of carbonyl (C=O) groups is 2. The number of rotatable bonds is 4. The molecule has 0 aliphatic carbocycles. The Bertz CT molecular complexity index is 1160. The number of aromatic nitrogens is 2. The van der Waals surface area contributed by atoms with Crippen LogP contribution in [0.15, 0.2) is 53.1 Å². The van der Waals surface area contributed by atoms with Crippen LogP contribution in [0.3, 0.4) is 0 Å². The molecule has 0 saturated carbocycles. The van der Waals surface area contributed by atoms with Crippen molar-refractivity contribution in [3.05, 3.63) is 65.5 Å². The molecular weight excluding hydrogens is 416 g/mol. The first-order valence-electron chi connectivity index (χ1n) is 11.5. The molecule has 0 unspecified atom stereocenters. The van der Waals surface area contributed by atoms with Gasteiger partial charge in [0.2, 0.25) is 11.8 Å². The number of piperidine rings is 1. The number of carbonyl (C=O) groups excluding carboxylic acids is 2. The molecule has 1 atom stereocenters. The molecule has 0 bridgehead atoms. The van der Waals surface area contributed by atoms with Crippen molar-refractivity contribution in [1.29, 1.82) is 0 Å². The first-order valence-corrected chi connectivity index (χ1v) is 11.5. The Hall–Kier alpha value is -3.48. The van der Waals surface area contributed by atoms with Crippen LogP contribution in [0, 0.1) is 19.8 Å². The van der Waals surface area contributed by atoms with Gasteiger partial charge in [0.25, 0.3) is 5.89 Å². The predicted octanol–water partition coefficient (Wildman–Crippen LogP) is 4.11. The molecule has 0 spiro atoms. The number of anilines is 1. The van der Waals surface area contributed by atoms with Gasteiger partial charge in [-0.1, -0.05) is 40.5 Å². The zero-order valence-corrected chi connectivity index (χ0v) is 19.0. The summed E-state index contributed by atoms with van der Waals surface area (Å²) >= 11 is 0. The standard InChI is InChI=1S/C26H28N4O3/c1-17-6-8-22(9-7-17)30-16-21(15-23(30)31)26(32)29-12-10-19(11-13-29)24-27-25(33-28-24)20-5-3-4-18(2)14-20/h3-9,14,19,21H,10-13,15-16H2,1-2H3/t21-/m1/s1. The Morgan fingerprint density at radius 1 is 1.03 bits per heavy atom. The van der Waals surface area contributed by atoms with Gasteiger partial charge in [-0.3, -0.25) is 9.59 Å². The van der Waals surface area contributed by atoms with Crippen molar-refractivity contribution < 1.29 is 14.1 Å². The first-order chi connectivity index (χ1) is 16.0. The molecule has 5 rings (SSSR count). The van der Waals surface area contributed by atoms with Crippen LogP contribution in [0.4, 0.5) is 5.69 Å². The fourth-order valence-electron chi connectivity index (χ4n) is 4.76. The maximum Gasteiger partial charge on any atom is 0.257 e. The SMILES string of the molecule is Cc1ccc(N2C[C@H](C(=O)N3CCC(c4noc(-c5cccc(C)c5)n4)CC3)CC2=O)cc1. The third-order valence-electron chi connectivity index (χ3n) is 6.70. The monoisotopic (exact) mass is 444 g/mol. The molecule has 2 aliphatic heterocycles. The third kappa shape index (κ3) is 4.40. The molecule has 2 fully saturated rings. The molecule has 2 aliphatic rings. The summed E-state index contributed by atoms with van der Waals surface area (Å²) in [6, 6.07) is 15.9. The van der Waals surface area contributed by atoms with Gasteiger partial charge in [0.05, 0.1) is 5.92 Å². The second-order valence-electron chi connectivity index (χ2n) is 9.17. The van der Waals surface area contributed by atoms with Crippen LogP contribution >= 0.6 is 0 Å². The van der Waals surface area contributed by atoms with Crippen LogP contribution in [-0.4, -0.2) is 46.5 Å². The van der Waals surface area contributed by atoms with Gasteiger partial charge in [-0.15, -0.1) is 0 Å². The second-order valence-corrected chi connectivity index (χ2v) is 9.17. The number of benzene rings is 2. The number of aryl methyl sites for hydroxylation is 2. The zero-order chi connectivity index (χ0) is 22.9. The molecule has 7 nitrogen and oxygen atoms in total. The van der Waals surface area contributed by atoms with E-state index in [0.717, 1.165) is 35.2 Å². The van der Waals surface area contributed by atoms with E-state index in [1.807, 2.05) is 67.3 Å². The van der Waals surface area contributed by atoms with E-state index >= 15 is 0 Å². The zero-order valence-electron chi connectivity index (χ0n) is 19.0. The van der Waals surface area contributed by atoms with E-state index in [2.05, 4.69) is 10.1 Å². The van der Waals surface area contributed by atoms with Crippen LogP contribution in [0.5, 0.6) is 0 Å². The van der Waals surface area contributed by atoms with Crippen molar-refractivity contribution >= 4 is 17.5 Å². The van der Waals surface area contributed by atoms with Crippen molar-refractivity contribution in [3.63, 3.8) is 0 Å². The second kappa shape index (κ2) is 8.81. The highest BCUT2D eigenvalue weighted by atomic mass is 16.5. The van der Waals surface area contributed by atoms with Gasteiger partial charge in [-0.25, -0.2) is 0 Å². The summed E-state index contributed by atoms with van der Waals surface area (Å²) in [4.78, 5) is 34.0. The number of hydrogen-bond acceptors (Lipinski definition) is 5. The van der Waals surface area contributed by atoms with E-state index in [4.69, 9.17) is 4.52 Å². The molecule has 0 N–H and O–H groups in total. The predicted molar refractivity (Wildman–Crippen MR) is 125 cm³/mol. The Morgan fingerprint density at radius 2 is 1.79 bits per heavy atom. The molecule has 170 valence electrons. The van der Waals surface area contributed by atoms with Gasteiger partial charge in [-0.2, -0.15) is 4.98 Å². The van der Waals surface area contributed by atoms with Crippen LogP contribution in [-0.2, 0) is 9.59 Å². The number of hydrogen-bond donors (Lipinski definition) is 0. The summed E-state index contributed by atoms with van der Waals surface area (Å²) in [5.41, 5.74) is 4.07. The molecule has 1 aromatic heterocycles. The maximum absolute atomic E-state index is 13.1. The summed E-state index contributed by atoms with van der Waals surface area (Å²) in [5, 5.41) is 4.21. The fourth-order valence-corrected chi connectivity index (χ4v) is 4.76. The smallest absolute Gasteiger partial charge is 0.257 e. The minimum Gasteiger partial charge on any atom is -0.342 e.